The predicted octanol–water partition coefficient (Wildman–Crippen LogP) is 1.19. The van der Waals surface area contributed by atoms with Gasteiger partial charge in [0.05, 0.1) is 5.69 Å². The Morgan fingerprint density at radius 3 is 2.76 bits per heavy atom. The molecule has 0 saturated carbocycles. The number of carboxylic acid groups (broad SMARTS) is 1. The van der Waals surface area contributed by atoms with Crippen LogP contribution in [0.2, 0.25) is 0 Å². The van der Waals surface area contributed by atoms with E-state index in [-0.39, 0.29) is 16.0 Å². The number of hydrogen-bond donors (Lipinski definition) is 3. The summed E-state index contributed by atoms with van der Waals surface area (Å²) in [5, 5.41) is 9.00. The second kappa shape index (κ2) is 4.30. The summed E-state index contributed by atoms with van der Waals surface area (Å²) in [6, 6.07) is 3.28. The number of H-pyrrole nitrogens is 2. The van der Waals surface area contributed by atoms with Gasteiger partial charge in [-0.2, -0.15) is 0 Å². The first-order valence-corrected chi connectivity index (χ1v) is 5.00. The van der Waals surface area contributed by atoms with Crippen molar-refractivity contribution >= 4 is 18.2 Å². The van der Waals surface area contributed by atoms with Gasteiger partial charge >= 0.3 is 5.97 Å². The van der Waals surface area contributed by atoms with Gasteiger partial charge in [0.2, 0.25) is 0 Å². The van der Waals surface area contributed by atoms with E-state index in [9.17, 15) is 9.59 Å². The zero-order valence-electron chi connectivity index (χ0n) is 8.43. The molecule has 86 valence electrons. The normalized spacial score (nSPS) is 10.1. The summed E-state index contributed by atoms with van der Waals surface area (Å²) in [5.41, 5.74) is -0.479. The number of carbonyl (C=O) groups is 1. The fourth-order valence-electron chi connectivity index (χ4n) is 1.42. The summed E-state index contributed by atoms with van der Waals surface area (Å²) >= 11 is 4.81. The Kier molecular flexibility index (Phi) is 2.84. The van der Waals surface area contributed by atoms with Crippen molar-refractivity contribution in [1.29, 1.82) is 0 Å². The number of carboxylic acids is 1. The smallest absolute Gasteiger partial charge is 0.343 e. The van der Waals surface area contributed by atoms with E-state index < -0.39 is 11.5 Å². The van der Waals surface area contributed by atoms with Gasteiger partial charge < -0.3 is 10.1 Å². The summed E-state index contributed by atoms with van der Waals surface area (Å²) in [7, 11) is 0. The van der Waals surface area contributed by atoms with Crippen LogP contribution in [0.25, 0.3) is 11.3 Å². The van der Waals surface area contributed by atoms with Crippen LogP contribution in [0.4, 0.5) is 0 Å². The van der Waals surface area contributed by atoms with E-state index in [0.717, 1.165) is 0 Å². The highest BCUT2D eigenvalue weighted by Gasteiger charge is 2.17. The number of aromatic amines is 2. The largest absolute Gasteiger partial charge is 0.477 e. The van der Waals surface area contributed by atoms with E-state index in [1.807, 2.05) is 0 Å². The van der Waals surface area contributed by atoms with E-state index in [4.69, 9.17) is 17.3 Å². The van der Waals surface area contributed by atoms with Gasteiger partial charge in [0.15, 0.2) is 4.77 Å². The zero-order chi connectivity index (χ0) is 12.4. The van der Waals surface area contributed by atoms with Gasteiger partial charge in [0, 0.05) is 18.0 Å². The van der Waals surface area contributed by atoms with Gasteiger partial charge in [-0.05, 0) is 24.4 Å². The first-order chi connectivity index (χ1) is 8.09. The standard InChI is InChI=1S/C10H7N3O3S/c14-8-6(9(15)16)7(12-10(17)13-8)5-2-1-3-11-4-5/h1-4H,(H,15,16)(H2,12,13,14,17). The van der Waals surface area contributed by atoms with Crippen molar-refractivity contribution in [2.75, 3.05) is 0 Å². The lowest BCUT2D eigenvalue weighted by molar-refractivity contribution is 0.0695. The van der Waals surface area contributed by atoms with Crippen LogP contribution >= 0.6 is 12.2 Å². The fourth-order valence-corrected chi connectivity index (χ4v) is 1.61. The lowest BCUT2D eigenvalue weighted by Gasteiger charge is -2.04. The van der Waals surface area contributed by atoms with Gasteiger partial charge in [-0.25, -0.2) is 4.79 Å². The van der Waals surface area contributed by atoms with Crippen LogP contribution in [0.1, 0.15) is 10.4 Å². The fraction of sp³-hybridized carbons (Fsp3) is 0. The van der Waals surface area contributed by atoms with Crippen molar-refractivity contribution in [3.63, 3.8) is 0 Å². The summed E-state index contributed by atoms with van der Waals surface area (Å²) in [6.07, 6.45) is 3.00. The van der Waals surface area contributed by atoms with Crippen LogP contribution in [0.15, 0.2) is 29.3 Å². The average Bonchev–Trinajstić information content (AvgIpc) is 2.28. The predicted molar refractivity (Wildman–Crippen MR) is 62.4 cm³/mol. The number of hydrogen-bond acceptors (Lipinski definition) is 4. The second-order valence-corrected chi connectivity index (χ2v) is 3.61. The van der Waals surface area contributed by atoms with Gasteiger partial charge in [-0.15, -0.1) is 0 Å². The molecule has 0 bridgehead atoms. The summed E-state index contributed by atoms with van der Waals surface area (Å²) in [5.74, 6) is -1.32. The molecule has 0 radical (unpaired) electrons. The van der Waals surface area contributed by atoms with Crippen molar-refractivity contribution < 1.29 is 9.90 Å². The Balaban J connectivity index is 2.82. The monoisotopic (exact) mass is 249 g/mol. The van der Waals surface area contributed by atoms with Crippen molar-refractivity contribution in [2.45, 2.75) is 0 Å². The summed E-state index contributed by atoms with van der Waals surface area (Å²) in [4.78, 5) is 31.3. The molecule has 0 atom stereocenters. The molecule has 2 aromatic heterocycles. The maximum Gasteiger partial charge on any atom is 0.343 e. The molecule has 0 aliphatic heterocycles. The van der Waals surface area contributed by atoms with Crippen LogP contribution in [0.5, 0.6) is 0 Å². The quantitative estimate of drug-likeness (QED) is 0.694. The summed E-state index contributed by atoms with van der Waals surface area (Å²) in [6.45, 7) is 0. The first-order valence-electron chi connectivity index (χ1n) is 4.60. The van der Waals surface area contributed by atoms with Crippen LogP contribution in [0.3, 0.4) is 0 Å². The molecule has 2 aromatic rings. The Bertz CT molecular complexity index is 675. The summed E-state index contributed by atoms with van der Waals surface area (Å²) < 4.78 is 0.0684. The van der Waals surface area contributed by atoms with Crippen LogP contribution in [0, 0.1) is 4.77 Å². The van der Waals surface area contributed by atoms with Crippen molar-refractivity contribution in [3.05, 3.63) is 45.2 Å². The second-order valence-electron chi connectivity index (χ2n) is 3.21. The minimum atomic E-state index is -1.32. The zero-order valence-corrected chi connectivity index (χ0v) is 9.25. The molecule has 2 rings (SSSR count). The molecular formula is C10H7N3O3S. The highest BCUT2D eigenvalue weighted by atomic mass is 32.1. The van der Waals surface area contributed by atoms with E-state index in [0.29, 0.717) is 5.56 Å². The SMILES string of the molecule is O=C(O)c1c(-c2cccnc2)[nH]c(=S)[nH]c1=O. The van der Waals surface area contributed by atoms with E-state index in [1.54, 1.807) is 18.3 Å². The maximum absolute atomic E-state index is 11.5. The molecular weight excluding hydrogens is 242 g/mol. The molecule has 0 aliphatic carbocycles. The van der Waals surface area contributed by atoms with Crippen molar-refractivity contribution in [1.82, 2.24) is 15.0 Å². The molecule has 6 nitrogen and oxygen atoms in total. The number of nitrogens with one attached hydrogen (secondary N) is 2. The Morgan fingerprint density at radius 1 is 1.41 bits per heavy atom. The van der Waals surface area contributed by atoms with Crippen molar-refractivity contribution in [2.24, 2.45) is 0 Å². The minimum Gasteiger partial charge on any atom is -0.477 e. The molecule has 7 heteroatoms. The third kappa shape index (κ3) is 2.13. The van der Waals surface area contributed by atoms with E-state index in [2.05, 4.69) is 15.0 Å². The average molecular weight is 249 g/mol. The van der Waals surface area contributed by atoms with E-state index >= 15 is 0 Å². The molecule has 0 fully saturated rings. The van der Waals surface area contributed by atoms with Gasteiger partial charge in [0.1, 0.15) is 5.56 Å². The first kappa shape index (κ1) is 11.2. The van der Waals surface area contributed by atoms with Gasteiger partial charge in [-0.1, -0.05) is 0 Å². The molecule has 2 heterocycles. The molecule has 17 heavy (non-hydrogen) atoms. The molecule has 3 N–H and O–H groups in total. The number of rotatable bonds is 2. The molecule has 0 aliphatic rings. The lowest BCUT2D eigenvalue weighted by atomic mass is 10.1. The highest BCUT2D eigenvalue weighted by Crippen LogP contribution is 2.17. The minimum absolute atomic E-state index is 0.0684. The number of pyridine rings is 1. The third-order valence-electron chi connectivity index (χ3n) is 2.11. The highest BCUT2D eigenvalue weighted by molar-refractivity contribution is 7.71. The molecule has 0 amide bonds. The number of nitrogens with zero attached hydrogens (tertiary/aromatic N) is 1. The number of aromatic carboxylic acids is 1. The molecule has 0 spiro atoms. The van der Waals surface area contributed by atoms with E-state index in [1.165, 1.54) is 6.20 Å². The Morgan fingerprint density at radius 2 is 2.18 bits per heavy atom. The molecule has 0 aromatic carbocycles. The van der Waals surface area contributed by atoms with Crippen LogP contribution < -0.4 is 5.56 Å². The van der Waals surface area contributed by atoms with Crippen LogP contribution in [-0.4, -0.2) is 26.0 Å². The Labute approximate surface area is 100.0 Å². The van der Waals surface area contributed by atoms with Gasteiger partial charge in [0.25, 0.3) is 5.56 Å². The lowest BCUT2D eigenvalue weighted by Crippen LogP contribution is -2.20. The molecule has 0 unspecified atom stereocenters. The Hall–Kier alpha value is -2.28. The van der Waals surface area contributed by atoms with Gasteiger partial charge in [-0.3, -0.25) is 14.8 Å². The topological polar surface area (TPSA) is 98.8 Å². The maximum atomic E-state index is 11.5. The van der Waals surface area contributed by atoms with Crippen molar-refractivity contribution in [3.8, 4) is 11.3 Å². The molecule has 0 saturated heterocycles. The number of aromatic nitrogens is 3. The van der Waals surface area contributed by atoms with Crippen LogP contribution in [-0.2, 0) is 0 Å². The third-order valence-corrected chi connectivity index (χ3v) is 2.31.